The quantitative estimate of drug-likeness (QED) is 0.546. The molecule has 0 unspecified atom stereocenters. The zero-order chi connectivity index (χ0) is 19.4. The van der Waals surface area contributed by atoms with E-state index >= 15 is 0 Å². The van der Waals surface area contributed by atoms with E-state index in [1.807, 2.05) is 13.8 Å². The van der Waals surface area contributed by atoms with E-state index in [1.165, 1.54) is 6.07 Å². The number of sulfonamides is 1. The molecule has 1 N–H and O–H groups in total. The van der Waals surface area contributed by atoms with Gasteiger partial charge in [-0.25, -0.2) is 13.2 Å². The van der Waals surface area contributed by atoms with E-state index in [9.17, 15) is 13.2 Å². The highest BCUT2D eigenvalue weighted by atomic mass is 32.2. The fourth-order valence-corrected chi connectivity index (χ4v) is 3.64. The lowest BCUT2D eigenvalue weighted by Gasteiger charge is -2.12. The lowest BCUT2D eigenvalue weighted by atomic mass is 10.1. The minimum atomic E-state index is -3.77. The molecule has 0 saturated heterocycles. The van der Waals surface area contributed by atoms with E-state index in [4.69, 9.17) is 4.42 Å². The first kappa shape index (κ1) is 18.7. The van der Waals surface area contributed by atoms with Gasteiger partial charge in [-0.05, 0) is 43.7 Å². The molecule has 1 aromatic heterocycles. The highest BCUT2D eigenvalue weighted by molar-refractivity contribution is 7.92. The summed E-state index contributed by atoms with van der Waals surface area (Å²) >= 11 is 0. The zero-order valence-electron chi connectivity index (χ0n) is 15.1. The molecule has 2 aromatic carbocycles. The van der Waals surface area contributed by atoms with Crippen LogP contribution in [0.4, 0.5) is 5.69 Å². The zero-order valence-corrected chi connectivity index (χ0v) is 15.9. The smallest absolute Gasteiger partial charge is 0.336 e. The average molecular weight is 381 g/mol. The maximum absolute atomic E-state index is 12.8. The molecule has 0 saturated carbocycles. The molecular formula is C21H19NO4S. The van der Waals surface area contributed by atoms with Crippen molar-refractivity contribution in [3.05, 3.63) is 70.1 Å². The van der Waals surface area contributed by atoms with Crippen molar-refractivity contribution < 1.29 is 12.8 Å². The summed E-state index contributed by atoms with van der Waals surface area (Å²) in [6, 6.07) is 12.6. The van der Waals surface area contributed by atoms with Crippen LogP contribution in [-0.2, 0) is 10.0 Å². The Morgan fingerprint density at radius 3 is 2.48 bits per heavy atom. The summed E-state index contributed by atoms with van der Waals surface area (Å²) in [7, 11) is -3.77. The first-order valence-electron chi connectivity index (χ1n) is 8.56. The number of fused-ring (bicyclic) bond motifs is 1. The highest BCUT2D eigenvalue weighted by Crippen LogP contribution is 2.27. The molecular weight excluding hydrogens is 362 g/mol. The normalized spacial score (nSPS) is 11.0. The number of anilines is 1. The third-order valence-electron chi connectivity index (χ3n) is 3.97. The minimum absolute atomic E-state index is 0.167. The minimum Gasteiger partial charge on any atom is -0.423 e. The summed E-state index contributed by atoms with van der Waals surface area (Å²) in [5.41, 5.74) is 1.70. The summed E-state index contributed by atoms with van der Waals surface area (Å²) in [5.74, 6) is 6.05. The Balaban J connectivity index is 2.11. The van der Waals surface area contributed by atoms with E-state index in [-0.39, 0.29) is 4.90 Å². The molecule has 0 atom stereocenters. The highest BCUT2D eigenvalue weighted by Gasteiger charge is 2.17. The van der Waals surface area contributed by atoms with E-state index < -0.39 is 15.6 Å². The van der Waals surface area contributed by atoms with Gasteiger partial charge in [0.15, 0.2) is 0 Å². The molecule has 6 heteroatoms. The number of unbranched alkanes of at least 4 members (excludes halogenated alkanes) is 1. The second-order valence-corrected chi connectivity index (χ2v) is 7.81. The van der Waals surface area contributed by atoms with Crippen molar-refractivity contribution in [1.82, 2.24) is 0 Å². The van der Waals surface area contributed by atoms with Gasteiger partial charge in [0.2, 0.25) is 0 Å². The average Bonchev–Trinajstić information content (AvgIpc) is 2.63. The molecule has 0 aliphatic rings. The molecule has 0 aliphatic heterocycles. The number of nitrogens with one attached hydrogen (secondary N) is 1. The van der Waals surface area contributed by atoms with E-state index in [0.29, 0.717) is 28.6 Å². The van der Waals surface area contributed by atoms with E-state index in [2.05, 4.69) is 16.6 Å². The van der Waals surface area contributed by atoms with Gasteiger partial charge < -0.3 is 4.42 Å². The first-order chi connectivity index (χ1) is 12.9. The van der Waals surface area contributed by atoms with Crippen molar-refractivity contribution >= 4 is 26.7 Å². The first-order valence-corrected chi connectivity index (χ1v) is 10.0. The fraction of sp³-hybridized carbons (Fsp3) is 0.190. The summed E-state index contributed by atoms with van der Waals surface area (Å²) in [5, 5.41) is 0.585. The third-order valence-corrected chi connectivity index (χ3v) is 5.35. The van der Waals surface area contributed by atoms with Crippen molar-refractivity contribution in [3.63, 3.8) is 0 Å². The van der Waals surface area contributed by atoms with Gasteiger partial charge >= 0.3 is 5.63 Å². The van der Waals surface area contributed by atoms with Crippen LogP contribution >= 0.6 is 0 Å². The van der Waals surface area contributed by atoms with Crippen molar-refractivity contribution in [3.8, 4) is 11.8 Å². The summed E-state index contributed by atoms with van der Waals surface area (Å²) < 4.78 is 33.3. The lowest BCUT2D eigenvalue weighted by molar-refractivity contribution is 0.561. The largest absolute Gasteiger partial charge is 0.423 e. The van der Waals surface area contributed by atoms with Crippen molar-refractivity contribution in [2.24, 2.45) is 0 Å². The molecule has 138 valence electrons. The van der Waals surface area contributed by atoms with Crippen LogP contribution in [0.5, 0.6) is 0 Å². The SMILES string of the molecule is CCCC#Cc1c(NS(=O)(=O)c2ccc(C)cc2)ccc2oc(=O)ccc12. The Morgan fingerprint density at radius 1 is 1.04 bits per heavy atom. The van der Waals surface area contributed by atoms with Gasteiger partial charge in [-0.3, -0.25) is 4.72 Å². The summed E-state index contributed by atoms with van der Waals surface area (Å²) in [4.78, 5) is 11.6. The predicted octanol–water partition coefficient (Wildman–Crippen LogP) is 4.05. The molecule has 0 amide bonds. The Hall–Kier alpha value is -3.04. The molecule has 1 heterocycles. The molecule has 0 radical (unpaired) electrons. The molecule has 27 heavy (non-hydrogen) atoms. The molecule has 0 aliphatic carbocycles. The number of benzene rings is 2. The fourth-order valence-electron chi connectivity index (χ4n) is 2.57. The van der Waals surface area contributed by atoms with Crippen LogP contribution in [0, 0.1) is 18.8 Å². The van der Waals surface area contributed by atoms with Gasteiger partial charge in [0.1, 0.15) is 5.58 Å². The van der Waals surface area contributed by atoms with Gasteiger partial charge in [0.05, 0.1) is 16.1 Å². The molecule has 0 bridgehead atoms. The van der Waals surface area contributed by atoms with E-state index in [0.717, 1.165) is 12.0 Å². The van der Waals surface area contributed by atoms with Gasteiger partial charge in [0.25, 0.3) is 10.0 Å². The van der Waals surface area contributed by atoms with Crippen molar-refractivity contribution in [2.45, 2.75) is 31.6 Å². The van der Waals surface area contributed by atoms with Gasteiger partial charge in [-0.1, -0.05) is 36.5 Å². The van der Waals surface area contributed by atoms with Gasteiger partial charge in [0, 0.05) is 17.9 Å². The van der Waals surface area contributed by atoms with Crippen LogP contribution in [0.2, 0.25) is 0 Å². The predicted molar refractivity (Wildman–Crippen MR) is 106 cm³/mol. The topological polar surface area (TPSA) is 76.4 Å². The Labute approximate surface area is 158 Å². The van der Waals surface area contributed by atoms with Crippen molar-refractivity contribution in [2.75, 3.05) is 4.72 Å². The third kappa shape index (κ3) is 4.21. The summed E-state index contributed by atoms with van der Waals surface area (Å²) in [6.45, 7) is 3.90. The number of hydrogen-bond donors (Lipinski definition) is 1. The molecule has 0 fully saturated rings. The number of rotatable bonds is 4. The van der Waals surface area contributed by atoms with E-state index in [1.54, 1.807) is 42.5 Å². The molecule has 5 nitrogen and oxygen atoms in total. The lowest BCUT2D eigenvalue weighted by Crippen LogP contribution is -2.14. The monoisotopic (exact) mass is 381 g/mol. The van der Waals surface area contributed by atoms with Crippen molar-refractivity contribution in [1.29, 1.82) is 0 Å². The van der Waals surface area contributed by atoms with Crippen LogP contribution in [-0.4, -0.2) is 8.42 Å². The Morgan fingerprint density at radius 2 is 1.78 bits per heavy atom. The number of aryl methyl sites for hydroxylation is 1. The van der Waals surface area contributed by atoms with Crippen LogP contribution in [0.3, 0.4) is 0 Å². The van der Waals surface area contributed by atoms with Gasteiger partial charge in [-0.15, -0.1) is 0 Å². The second-order valence-electron chi connectivity index (χ2n) is 6.12. The Kier molecular flexibility index (Phi) is 5.33. The molecule has 3 rings (SSSR count). The molecule has 3 aromatic rings. The standard InChI is InChI=1S/C21H19NO4S/c1-3-4-5-6-17-18-11-14-21(23)26-20(18)13-12-19(17)22-27(24,25)16-9-7-15(2)8-10-16/h7-14,22H,3-4H2,1-2H3. The van der Waals surface area contributed by atoms with Crippen LogP contribution in [0.15, 0.2) is 62.6 Å². The Bertz CT molecular complexity index is 1200. The van der Waals surface area contributed by atoms with Gasteiger partial charge in [-0.2, -0.15) is 0 Å². The van der Waals surface area contributed by atoms with Crippen LogP contribution < -0.4 is 10.3 Å². The maximum Gasteiger partial charge on any atom is 0.336 e. The maximum atomic E-state index is 12.8. The van der Waals surface area contributed by atoms with Crippen LogP contribution in [0.25, 0.3) is 11.0 Å². The van der Waals surface area contributed by atoms with Crippen LogP contribution in [0.1, 0.15) is 30.9 Å². The second kappa shape index (κ2) is 7.68. The summed E-state index contributed by atoms with van der Waals surface area (Å²) in [6.07, 6.45) is 1.56. The molecule has 0 spiro atoms. The number of hydrogen-bond acceptors (Lipinski definition) is 4.